The third-order valence-corrected chi connectivity index (χ3v) is 6.97. The lowest BCUT2D eigenvalue weighted by Crippen LogP contribution is -2.48. The van der Waals surface area contributed by atoms with Gasteiger partial charge in [-0.05, 0) is 61.9 Å². The highest BCUT2D eigenvalue weighted by Crippen LogP contribution is 2.31. The molecule has 5 rings (SSSR count). The van der Waals surface area contributed by atoms with E-state index in [0.29, 0.717) is 18.0 Å². The van der Waals surface area contributed by atoms with Crippen molar-refractivity contribution in [3.05, 3.63) is 41.8 Å². The molecule has 2 amide bonds. The summed E-state index contributed by atoms with van der Waals surface area (Å²) in [4.78, 5) is 37.9. The molecule has 1 aliphatic heterocycles. The van der Waals surface area contributed by atoms with Gasteiger partial charge in [0, 0.05) is 48.9 Å². The third-order valence-electron chi connectivity index (χ3n) is 6.78. The van der Waals surface area contributed by atoms with Crippen LogP contribution in [0.4, 0.5) is 5.82 Å². The molecule has 0 radical (unpaired) electrons. The molecule has 8 nitrogen and oxygen atoms in total. The van der Waals surface area contributed by atoms with E-state index in [4.69, 9.17) is 11.6 Å². The molecular formula is C24H27ClN6O2. The number of carbonyl (C=O) groups excluding carboxylic acids is 2. The molecule has 0 bridgehead atoms. The number of nitrogens with one attached hydrogen (secondary N) is 3. The van der Waals surface area contributed by atoms with E-state index in [-0.39, 0.29) is 29.9 Å². The lowest BCUT2D eigenvalue weighted by Gasteiger charge is -2.31. The van der Waals surface area contributed by atoms with E-state index >= 15 is 0 Å². The number of carbonyl (C=O) groups is 2. The minimum Gasteiger partial charge on any atom is -0.367 e. The molecular weight excluding hydrogens is 440 g/mol. The fourth-order valence-corrected chi connectivity index (χ4v) is 5.13. The highest BCUT2D eigenvalue weighted by atomic mass is 35.5. The lowest BCUT2D eigenvalue weighted by atomic mass is 9.91. The monoisotopic (exact) mass is 466 g/mol. The molecule has 1 saturated carbocycles. The number of pyridine rings is 2. The van der Waals surface area contributed by atoms with Gasteiger partial charge in [-0.2, -0.15) is 0 Å². The highest BCUT2D eigenvalue weighted by Gasteiger charge is 2.34. The minimum atomic E-state index is -0.331. The largest absolute Gasteiger partial charge is 0.367 e. The van der Waals surface area contributed by atoms with Crippen LogP contribution >= 0.6 is 11.6 Å². The first-order valence-corrected chi connectivity index (χ1v) is 11.8. The topological polar surface area (TPSA) is 103 Å². The number of hydrogen-bond donors (Lipinski definition) is 3. The van der Waals surface area contributed by atoms with E-state index in [1.807, 2.05) is 30.5 Å². The fraction of sp³-hybridized carbons (Fsp3) is 0.417. The summed E-state index contributed by atoms with van der Waals surface area (Å²) in [5.41, 5.74) is 2.85. The van der Waals surface area contributed by atoms with Crippen molar-refractivity contribution >= 4 is 40.3 Å². The van der Waals surface area contributed by atoms with E-state index < -0.39 is 0 Å². The first kappa shape index (κ1) is 21.7. The van der Waals surface area contributed by atoms with E-state index in [2.05, 4.69) is 25.6 Å². The van der Waals surface area contributed by atoms with Gasteiger partial charge in [0.05, 0.1) is 0 Å². The van der Waals surface area contributed by atoms with Crippen molar-refractivity contribution in [2.75, 3.05) is 12.4 Å². The molecule has 9 heteroatoms. The number of nitrogens with zero attached hydrogens (tertiary/aromatic N) is 3. The number of likely N-dealkylation sites (tertiary alicyclic amines) is 1. The van der Waals surface area contributed by atoms with Gasteiger partial charge in [-0.25, -0.2) is 9.97 Å². The first-order valence-electron chi connectivity index (χ1n) is 11.4. The van der Waals surface area contributed by atoms with Gasteiger partial charge < -0.3 is 20.5 Å². The number of hydrogen-bond acceptors (Lipinski definition) is 5. The maximum absolute atomic E-state index is 12.6. The highest BCUT2D eigenvalue weighted by molar-refractivity contribution is 6.29. The Labute approximate surface area is 197 Å². The lowest BCUT2D eigenvalue weighted by molar-refractivity contribution is -0.134. The summed E-state index contributed by atoms with van der Waals surface area (Å²) in [5, 5.41) is 8.14. The second-order valence-corrected chi connectivity index (χ2v) is 9.31. The third kappa shape index (κ3) is 4.53. The van der Waals surface area contributed by atoms with E-state index in [1.165, 1.54) is 0 Å². The van der Waals surface area contributed by atoms with Crippen molar-refractivity contribution in [3.8, 4) is 11.1 Å². The molecule has 1 atom stereocenters. The Morgan fingerprint density at radius 3 is 2.73 bits per heavy atom. The molecule has 2 aliphatic rings. The number of halogens is 1. The van der Waals surface area contributed by atoms with Gasteiger partial charge in [0.15, 0.2) is 0 Å². The number of likely N-dealkylation sites (N-methyl/N-ethyl adjacent to an activating group) is 1. The number of aromatic amines is 1. The van der Waals surface area contributed by atoms with Crippen LogP contribution < -0.4 is 10.6 Å². The Balaban J connectivity index is 1.21. The summed E-state index contributed by atoms with van der Waals surface area (Å²) in [5.74, 6) is 0.754. The van der Waals surface area contributed by atoms with Gasteiger partial charge in [-0.3, -0.25) is 9.59 Å². The standard InChI is InChI=1S/C24H27ClN6O2/c1-31-19(8-9-22(31)32)24(33)29-16-6-4-15(5-7-16)28-21-12-14(11-20(25)30-21)18-13-27-23-17(18)3-2-10-26-23/h2-3,10-13,15-16,19H,4-9H2,1H3,(H,26,27)(H,28,30)(H,29,33)/t15-,16-,19-/m0/s1. The average Bonchev–Trinajstić information content (AvgIpc) is 3.38. The average molecular weight is 467 g/mol. The molecule has 3 aromatic rings. The van der Waals surface area contributed by atoms with Crippen LogP contribution in [-0.2, 0) is 9.59 Å². The van der Waals surface area contributed by atoms with Gasteiger partial charge in [-0.15, -0.1) is 0 Å². The van der Waals surface area contributed by atoms with Crippen LogP contribution in [0.25, 0.3) is 22.2 Å². The van der Waals surface area contributed by atoms with Crippen LogP contribution in [0.15, 0.2) is 36.7 Å². The van der Waals surface area contributed by atoms with Gasteiger partial charge in [-0.1, -0.05) is 11.6 Å². The van der Waals surface area contributed by atoms with E-state index in [0.717, 1.165) is 53.7 Å². The Morgan fingerprint density at radius 1 is 1.18 bits per heavy atom. The van der Waals surface area contributed by atoms with Crippen molar-refractivity contribution in [2.24, 2.45) is 0 Å². The Kier molecular flexibility index (Phi) is 5.93. The second-order valence-electron chi connectivity index (χ2n) is 8.93. The SMILES string of the molecule is CN1C(=O)CC[C@H]1C(=O)N[C@H]1CC[C@H](Nc2cc(-c3c[nH]c4ncccc34)cc(Cl)n2)CC1. The molecule has 3 aromatic heterocycles. The zero-order valence-corrected chi connectivity index (χ0v) is 19.2. The van der Waals surface area contributed by atoms with Gasteiger partial charge in [0.1, 0.15) is 22.7 Å². The molecule has 2 fully saturated rings. The number of fused-ring (bicyclic) bond motifs is 1. The molecule has 1 saturated heterocycles. The van der Waals surface area contributed by atoms with Gasteiger partial charge in [0.25, 0.3) is 0 Å². The van der Waals surface area contributed by atoms with Crippen molar-refractivity contribution in [2.45, 2.75) is 56.7 Å². The molecule has 0 spiro atoms. The molecule has 4 heterocycles. The zero-order chi connectivity index (χ0) is 22.9. The molecule has 172 valence electrons. The van der Waals surface area contributed by atoms with E-state index in [9.17, 15) is 9.59 Å². The van der Waals surface area contributed by atoms with Crippen LogP contribution in [0.2, 0.25) is 5.15 Å². The molecule has 3 N–H and O–H groups in total. The second kappa shape index (κ2) is 9.02. The van der Waals surface area contributed by atoms with E-state index in [1.54, 1.807) is 18.1 Å². The quantitative estimate of drug-likeness (QED) is 0.497. The number of rotatable bonds is 5. The number of amides is 2. The normalized spacial score (nSPS) is 23.2. The van der Waals surface area contributed by atoms with Crippen molar-refractivity contribution < 1.29 is 9.59 Å². The first-order chi connectivity index (χ1) is 16.0. The minimum absolute atomic E-state index is 0.0332. The number of aromatic nitrogens is 3. The Morgan fingerprint density at radius 2 is 1.97 bits per heavy atom. The van der Waals surface area contributed by atoms with Crippen LogP contribution in [0.3, 0.4) is 0 Å². The van der Waals surface area contributed by atoms with Crippen molar-refractivity contribution in [3.63, 3.8) is 0 Å². The summed E-state index contributed by atoms with van der Waals surface area (Å²) in [7, 11) is 1.71. The summed E-state index contributed by atoms with van der Waals surface area (Å²) >= 11 is 6.35. The smallest absolute Gasteiger partial charge is 0.243 e. The van der Waals surface area contributed by atoms with Gasteiger partial charge >= 0.3 is 0 Å². The predicted octanol–water partition coefficient (Wildman–Crippen LogP) is 3.74. The number of anilines is 1. The van der Waals surface area contributed by atoms with Crippen LogP contribution in [0.5, 0.6) is 0 Å². The van der Waals surface area contributed by atoms with Crippen LogP contribution in [0.1, 0.15) is 38.5 Å². The summed E-state index contributed by atoms with van der Waals surface area (Å²) < 4.78 is 0. The van der Waals surface area contributed by atoms with Crippen LogP contribution in [0, 0.1) is 0 Å². The predicted molar refractivity (Wildman–Crippen MR) is 128 cm³/mol. The summed E-state index contributed by atoms with van der Waals surface area (Å²) in [6.07, 6.45) is 8.37. The maximum Gasteiger partial charge on any atom is 0.243 e. The van der Waals surface area contributed by atoms with Gasteiger partial charge in [0.2, 0.25) is 11.8 Å². The summed E-state index contributed by atoms with van der Waals surface area (Å²) in [6.45, 7) is 0. The Hall–Kier alpha value is -3.13. The maximum atomic E-state index is 12.6. The molecule has 0 unspecified atom stereocenters. The number of H-pyrrole nitrogens is 1. The molecule has 33 heavy (non-hydrogen) atoms. The fourth-order valence-electron chi connectivity index (χ4n) is 4.92. The molecule has 0 aromatic carbocycles. The molecule has 1 aliphatic carbocycles. The Bertz CT molecular complexity index is 1190. The van der Waals surface area contributed by atoms with Crippen LogP contribution in [-0.4, -0.2) is 56.8 Å². The van der Waals surface area contributed by atoms with Crippen molar-refractivity contribution in [1.29, 1.82) is 0 Å². The summed E-state index contributed by atoms with van der Waals surface area (Å²) in [6, 6.07) is 7.90. The zero-order valence-electron chi connectivity index (χ0n) is 18.5. The van der Waals surface area contributed by atoms with Crippen molar-refractivity contribution in [1.82, 2.24) is 25.2 Å².